The summed E-state index contributed by atoms with van der Waals surface area (Å²) in [7, 11) is 0. The second kappa shape index (κ2) is 12.3. The van der Waals surface area contributed by atoms with Gasteiger partial charge in [-0.2, -0.15) is 39.5 Å². The Bertz CT molecular complexity index is 1140. The lowest BCUT2D eigenvalue weighted by molar-refractivity contribution is -0.308. The molecule has 3 saturated heterocycles. The Morgan fingerprint density at radius 1 is 0.860 bits per heavy atom. The highest BCUT2D eigenvalue weighted by atomic mass is 19.4. The standard InChI is InChI=1S/C27H32F9N3O4/c28-25(29,30)20-2-1-17(13-19(20)15-37-8-3-18(4-9-37)21(40)41)14-38-10-5-24(6-11-38)7-12-39(16-24)23(42)43-22(26(31,32)33)27(34,35)36/h1-2,13,18,22H,3-12,14-16H2,(H,40,41). The molecule has 1 aromatic carbocycles. The van der Waals surface area contributed by atoms with E-state index in [1.807, 2.05) is 4.90 Å². The summed E-state index contributed by atoms with van der Waals surface area (Å²) < 4.78 is 122. The summed E-state index contributed by atoms with van der Waals surface area (Å²) >= 11 is 0. The third-order valence-corrected chi connectivity index (χ3v) is 8.64. The average molecular weight is 634 g/mol. The Morgan fingerprint density at radius 2 is 1.42 bits per heavy atom. The van der Waals surface area contributed by atoms with Gasteiger partial charge in [0.1, 0.15) is 0 Å². The van der Waals surface area contributed by atoms with E-state index in [-0.39, 0.29) is 25.2 Å². The smallest absolute Gasteiger partial charge is 0.434 e. The highest BCUT2D eigenvalue weighted by Gasteiger charge is 2.60. The van der Waals surface area contributed by atoms with Crippen molar-refractivity contribution in [3.63, 3.8) is 0 Å². The molecule has 0 aliphatic carbocycles. The molecule has 0 atom stereocenters. The third kappa shape index (κ3) is 8.25. The van der Waals surface area contributed by atoms with Gasteiger partial charge in [0.25, 0.3) is 6.10 Å². The number of aliphatic carboxylic acids is 1. The number of alkyl halides is 9. The van der Waals surface area contributed by atoms with Gasteiger partial charge in [-0.05, 0) is 80.9 Å². The van der Waals surface area contributed by atoms with Gasteiger partial charge < -0.3 is 14.7 Å². The monoisotopic (exact) mass is 633 g/mol. The van der Waals surface area contributed by atoms with Gasteiger partial charge in [0, 0.05) is 26.2 Å². The van der Waals surface area contributed by atoms with Crippen LogP contribution in [0, 0.1) is 11.3 Å². The number of carbonyl (C=O) groups excluding carboxylic acids is 1. The van der Waals surface area contributed by atoms with Crippen LogP contribution in [0.3, 0.4) is 0 Å². The number of halogens is 9. The summed E-state index contributed by atoms with van der Waals surface area (Å²) in [6.45, 7) is 1.92. The van der Waals surface area contributed by atoms with Crippen molar-refractivity contribution in [3.8, 4) is 0 Å². The quantitative estimate of drug-likeness (QED) is 0.393. The van der Waals surface area contributed by atoms with Crippen LogP contribution in [0.1, 0.15) is 48.8 Å². The van der Waals surface area contributed by atoms with E-state index >= 15 is 0 Å². The van der Waals surface area contributed by atoms with E-state index in [4.69, 9.17) is 0 Å². The number of amides is 1. The number of carboxylic acids is 1. The van der Waals surface area contributed by atoms with Gasteiger partial charge in [0.15, 0.2) is 0 Å². The van der Waals surface area contributed by atoms with Gasteiger partial charge in [-0.1, -0.05) is 12.1 Å². The van der Waals surface area contributed by atoms with Gasteiger partial charge in [-0.3, -0.25) is 14.6 Å². The Balaban J connectivity index is 1.34. The number of hydrogen-bond donors (Lipinski definition) is 1. The van der Waals surface area contributed by atoms with E-state index in [1.54, 1.807) is 4.90 Å². The molecule has 0 aromatic heterocycles. The van der Waals surface area contributed by atoms with Crippen LogP contribution in [0.4, 0.5) is 44.3 Å². The first-order valence-corrected chi connectivity index (χ1v) is 13.8. The fourth-order valence-electron chi connectivity index (χ4n) is 6.17. The number of likely N-dealkylation sites (tertiary alicyclic amines) is 3. The van der Waals surface area contributed by atoms with Gasteiger partial charge in [-0.25, -0.2) is 4.79 Å². The lowest BCUT2D eigenvalue weighted by atomic mass is 9.77. The molecule has 3 aliphatic rings. The van der Waals surface area contributed by atoms with Crippen LogP contribution in [0.25, 0.3) is 0 Å². The summed E-state index contributed by atoms with van der Waals surface area (Å²) in [6.07, 6.45) is -20.0. The van der Waals surface area contributed by atoms with E-state index in [0.29, 0.717) is 70.4 Å². The minimum Gasteiger partial charge on any atom is -0.481 e. The molecule has 0 unspecified atom stereocenters. The molecular formula is C27H32F9N3O4. The van der Waals surface area contributed by atoms with Gasteiger partial charge >= 0.3 is 30.6 Å². The zero-order chi connectivity index (χ0) is 31.8. The van der Waals surface area contributed by atoms with Crippen LogP contribution < -0.4 is 0 Å². The molecule has 16 heteroatoms. The van der Waals surface area contributed by atoms with E-state index in [9.17, 15) is 54.2 Å². The fraction of sp³-hybridized carbons (Fsp3) is 0.704. The zero-order valence-corrected chi connectivity index (χ0v) is 23.0. The second-order valence-corrected chi connectivity index (χ2v) is 11.7. The third-order valence-electron chi connectivity index (χ3n) is 8.64. The van der Waals surface area contributed by atoms with Crippen LogP contribution in [-0.4, -0.2) is 89.6 Å². The molecule has 242 valence electrons. The maximum absolute atomic E-state index is 13.7. The van der Waals surface area contributed by atoms with E-state index in [0.717, 1.165) is 11.0 Å². The van der Waals surface area contributed by atoms with Crippen LogP contribution in [0.15, 0.2) is 18.2 Å². The number of benzene rings is 1. The van der Waals surface area contributed by atoms with Crippen molar-refractivity contribution in [1.29, 1.82) is 0 Å². The van der Waals surface area contributed by atoms with Crippen molar-refractivity contribution in [1.82, 2.24) is 14.7 Å². The molecule has 4 rings (SSSR count). The molecule has 0 bridgehead atoms. The molecular weight excluding hydrogens is 601 g/mol. The highest BCUT2D eigenvalue weighted by molar-refractivity contribution is 5.70. The molecule has 1 amide bonds. The molecule has 7 nitrogen and oxygen atoms in total. The van der Waals surface area contributed by atoms with E-state index in [2.05, 4.69) is 4.74 Å². The van der Waals surface area contributed by atoms with Crippen LogP contribution in [-0.2, 0) is 28.8 Å². The topological polar surface area (TPSA) is 73.3 Å². The minimum atomic E-state index is -5.80. The molecule has 1 aromatic rings. The maximum atomic E-state index is 13.7. The predicted octanol–water partition coefficient (Wildman–Crippen LogP) is 5.92. The van der Waals surface area contributed by atoms with Crippen molar-refractivity contribution in [2.24, 2.45) is 11.3 Å². The maximum Gasteiger partial charge on any atom is 0.434 e. The average Bonchev–Trinajstić information content (AvgIpc) is 3.31. The zero-order valence-electron chi connectivity index (χ0n) is 23.0. The second-order valence-electron chi connectivity index (χ2n) is 11.7. The largest absolute Gasteiger partial charge is 0.481 e. The number of carbonyl (C=O) groups is 2. The van der Waals surface area contributed by atoms with E-state index < -0.39 is 53.6 Å². The number of rotatable bonds is 6. The molecule has 1 N–H and O–H groups in total. The molecule has 43 heavy (non-hydrogen) atoms. The highest BCUT2D eigenvalue weighted by Crippen LogP contribution is 2.42. The molecule has 1 spiro atoms. The predicted molar refractivity (Wildman–Crippen MR) is 133 cm³/mol. The van der Waals surface area contributed by atoms with Crippen molar-refractivity contribution < 1.29 is 58.9 Å². The molecule has 3 fully saturated rings. The van der Waals surface area contributed by atoms with Crippen LogP contribution in [0.5, 0.6) is 0 Å². The van der Waals surface area contributed by atoms with Gasteiger partial charge in [0.05, 0.1) is 11.5 Å². The lowest BCUT2D eigenvalue weighted by Crippen LogP contribution is -2.48. The van der Waals surface area contributed by atoms with Crippen molar-refractivity contribution in [3.05, 3.63) is 34.9 Å². The number of ether oxygens (including phenoxy) is 1. The number of piperidine rings is 2. The molecule has 3 aliphatic heterocycles. The summed E-state index contributed by atoms with van der Waals surface area (Å²) in [5.74, 6) is -1.43. The first kappa shape index (κ1) is 33.1. The Kier molecular flexibility index (Phi) is 9.50. The SMILES string of the molecule is O=C(O)C1CCN(Cc2cc(CN3CCC4(CC3)CCN(C(=O)OC(C(F)(F)F)C(F)(F)F)C4)ccc2C(F)(F)F)CC1. The van der Waals surface area contributed by atoms with Gasteiger partial charge in [0.2, 0.25) is 0 Å². The fourth-order valence-corrected chi connectivity index (χ4v) is 6.17. The van der Waals surface area contributed by atoms with E-state index in [1.165, 1.54) is 12.1 Å². The Hall–Kier alpha value is -2.75. The number of nitrogens with zero attached hydrogens (tertiary/aromatic N) is 3. The van der Waals surface area contributed by atoms with Crippen molar-refractivity contribution in [2.45, 2.75) is 69.8 Å². The first-order valence-electron chi connectivity index (χ1n) is 13.8. The summed E-state index contributed by atoms with van der Waals surface area (Å²) in [5.41, 5.74) is -0.533. The number of carboxylic acid groups (broad SMARTS) is 1. The summed E-state index contributed by atoms with van der Waals surface area (Å²) in [5, 5.41) is 9.18. The Morgan fingerprint density at radius 3 is 1.95 bits per heavy atom. The molecule has 0 radical (unpaired) electrons. The summed E-state index contributed by atoms with van der Waals surface area (Å²) in [4.78, 5) is 28.1. The molecule has 0 saturated carbocycles. The molecule has 3 heterocycles. The van der Waals surface area contributed by atoms with Crippen LogP contribution in [0.2, 0.25) is 0 Å². The first-order chi connectivity index (χ1) is 19.9. The summed E-state index contributed by atoms with van der Waals surface area (Å²) in [6, 6.07) is 3.94. The van der Waals surface area contributed by atoms with Crippen LogP contribution >= 0.6 is 0 Å². The Labute approximate surface area is 241 Å². The minimum absolute atomic E-state index is 0.0214. The van der Waals surface area contributed by atoms with Gasteiger partial charge in [-0.15, -0.1) is 0 Å². The van der Waals surface area contributed by atoms with Crippen molar-refractivity contribution >= 4 is 12.1 Å². The lowest BCUT2D eigenvalue weighted by Gasteiger charge is -2.39. The number of hydrogen-bond acceptors (Lipinski definition) is 5. The normalized spacial score (nSPS) is 21.1. The van der Waals surface area contributed by atoms with Crippen molar-refractivity contribution in [2.75, 3.05) is 39.3 Å².